The first kappa shape index (κ1) is 19.9. The topological polar surface area (TPSA) is 93.7 Å². The van der Waals surface area contributed by atoms with E-state index in [-0.39, 0.29) is 6.54 Å². The lowest BCUT2D eigenvalue weighted by Gasteiger charge is -2.14. The minimum atomic E-state index is -1.08. The van der Waals surface area contributed by atoms with Gasteiger partial charge in [-0.3, -0.25) is 14.4 Å². The molecule has 1 atom stereocenters. The summed E-state index contributed by atoms with van der Waals surface area (Å²) in [5, 5.41) is 4.90. The molecule has 0 saturated heterocycles. The molecule has 2 rings (SSSR count). The van der Waals surface area contributed by atoms with Gasteiger partial charge in [0.25, 0.3) is 11.8 Å². The monoisotopic (exact) mass is 374 g/mol. The second-order valence-corrected chi connectivity index (χ2v) is 5.54. The minimum Gasteiger partial charge on any atom is -0.497 e. The molecule has 2 aromatic rings. The molecule has 8 heteroatoms. The summed E-state index contributed by atoms with van der Waals surface area (Å²) in [6.45, 7) is 1.00. The van der Waals surface area contributed by atoms with Crippen LogP contribution in [0.3, 0.4) is 0 Å². The Balaban J connectivity index is 1.78. The van der Waals surface area contributed by atoms with Gasteiger partial charge in [0.1, 0.15) is 18.1 Å². The van der Waals surface area contributed by atoms with Crippen molar-refractivity contribution >= 4 is 23.5 Å². The molecule has 0 bridgehead atoms. The Morgan fingerprint density at radius 2 is 1.67 bits per heavy atom. The van der Waals surface area contributed by atoms with E-state index in [1.807, 2.05) is 0 Å². The maximum atomic E-state index is 12.8. The standard InChI is InChI=1S/C19H19FN2O5/c1-12(18(24)22-15-7-5-14(20)6-8-15)27-17(23)11-21-19(25)13-3-9-16(26-2)10-4-13/h3-10,12H,11H2,1-2H3,(H,21,25)(H,22,24)/t12-/m0/s1. The molecular weight excluding hydrogens is 355 g/mol. The molecular formula is C19H19FN2O5. The summed E-state index contributed by atoms with van der Waals surface area (Å²) in [6.07, 6.45) is -1.08. The molecule has 0 saturated carbocycles. The summed E-state index contributed by atoms with van der Waals surface area (Å²) in [4.78, 5) is 35.7. The number of carbonyl (C=O) groups is 3. The van der Waals surface area contributed by atoms with E-state index in [4.69, 9.17) is 9.47 Å². The largest absolute Gasteiger partial charge is 0.497 e. The van der Waals surface area contributed by atoms with Gasteiger partial charge in [-0.2, -0.15) is 0 Å². The summed E-state index contributed by atoms with van der Waals surface area (Å²) < 4.78 is 22.8. The van der Waals surface area contributed by atoms with Gasteiger partial charge in [0, 0.05) is 11.3 Å². The molecule has 0 heterocycles. The van der Waals surface area contributed by atoms with Crippen LogP contribution in [-0.4, -0.2) is 37.5 Å². The van der Waals surface area contributed by atoms with Crippen LogP contribution in [-0.2, 0) is 14.3 Å². The Morgan fingerprint density at radius 1 is 1.04 bits per heavy atom. The maximum absolute atomic E-state index is 12.8. The van der Waals surface area contributed by atoms with Crippen molar-refractivity contribution in [1.29, 1.82) is 0 Å². The average molecular weight is 374 g/mol. The first-order chi connectivity index (χ1) is 12.9. The minimum absolute atomic E-state index is 0.353. The van der Waals surface area contributed by atoms with Crippen molar-refractivity contribution < 1.29 is 28.2 Å². The molecule has 27 heavy (non-hydrogen) atoms. The lowest BCUT2D eigenvalue weighted by atomic mass is 10.2. The van der Waals surface area contributed by atoms with Crippen molar-refractivity contribution in [2.45, 2.75) is 13.0 Å². The van der Waals surface area contributed by atoms with Crippen molar-refractivity contribution in [2.75, 3.05) is 19.0 Å². The fraction of sp³-hybridized carbons (Fsp3) is 0.211. The molecule has 0 unspecified atom stereocenters. The number of rotatable bonds is 7. The van der Waals surface area contributed by atoms with Crippen molar-refractivity contribution in [3.63, 3.8) is 0 Å². The second kappa shape index (κ2) is 9.33. The summed E-state index contributed by atoms with van der Waals surface area (Å²) in [5.74, 6) is -1.62. The number of nitrogens with one attached hydrogen (secondary N) is 2. The van der Waals surface area contributed by atoms with Gasteiger partial charge in [-0.15, -0.1) is 0 Å². The van der Waals surface area contributed by atoms with E-state index in [1.165, 1.54) is 38.3 Å². The van der Waals surface area contributed by atoms with Gasteiger partial charge < -0.3 is 20.1 Å². The molecule has 0 aliphatic rings. The molecule has 2 amide bonds. The molecule has 2 aromatic carbocycles. The molecule has 0 aliphatic heterocycles. The Hall–Kier alpha value is -3.42. The summed E-state index contributed by atoms with van der Waals surface area (Å²) in [6, 6.07) is 11.5. The first-order valence-corrected chi connectivity index (χ1v) is 8.07. The van der Waals surface area contributed by atoms with Gasteiger partial charge >= 0.3 is 5.97 Å². The van der Waals surface area contributed by atoms with Crippen molar-refractivity contribution in [3.8, 4) is 5.75 Å². The van der Waals surface area contributed by atoms with Crippen molar-refractivity contribution in [3.05, 3.63) is 59.9 Å². The lowest BCUT2D eigenvalue weighted by molar-refractivity contribution is -0.152. The number of ether oxygens (including phenoxy) is 2. The molecule has 142 valence electrons. The Kier molecular flexibility index (Phi) is 6.87. The van der Waals surface area contributed by atoms with Crippen molar-refractivity contribution in [1.82, 2.24) is 5.32 Å². The third kappa shape index (κ3) is 6.10. The number of hydrogen-bond donors (Lipinski definition) is 2. The summed E-state index contributed by atoms with van der Waals surface area (Å²) in [7, 11) is 1.51. The Labute approximate surface area is 155 Å². The van der Waals surface area contributed by atoms with Crippen LogP contribution in [0.5, 0.6) is 5.75 Å². The van der Waals surface area contributed by atoms with E-state index in [2.05, 4.69) is 10.6 Å². The van der Waals surface area contributed by atoms with Gasteiger partial charge in [-0.25, -0.2) is 4.39 Å². The molecule has 0 spiro atoms. The molecule has 2 N–H and O–H groups in total. The van der Waals surface area contributed by atoms with Crippen LogP contribution >= 0.6 is 0 Å². The Morgan fingerprint density at radius 3 is 2.26 bits per heavy atom. The van der Waals surface area contributed by atoms with Crippen LogP contribution in [0.25, 0.3) is 0 Å². The molecule has 0 aliphatic carbocycles. The van der Waals surface area contributed by atoms with Gasteiger partial charge in [0.2, 0.25) is 0 Å². The van der Waals surface area contributed by atoms with E-state index in [9.17, 15) is 18.8 Å². The number of esters is 1. The third-order valence-corrected chi connectivity index (χ3v) is 3.53. The van der Waals surface area contributed by atoms with Gasteiger partial charge in [0.05, 0.1) is 7.11 Å². The molecule has 0 radical (unpaired) electrons. The number of hydrogen-bond acceptors (Lipinski definition) is 5. The first-order valence-electron chi connectivity index (χ1n) is 8.07. The van der Waals surface area contributed by atoms with Gasteiger partial charge in [0.15, 0.2) is 6.10 Å². The predicted molar refractivity (Wildman–Crippen MR) is 95.9 cm³/mol. The van der Waals surface area contributed by atoms with Crippen LogP contribution in [0.4, 0.5) is 10.1 Å². The molecule has 0 fully saturated rings. The van der Waals surface area contributed by atoms with E-state index in [0.717, 1.165) is 0 Å². The van der Waals surface area contributed by atoms with Gasteiger partial charge in [-0.05, 0) is 55.5 Å². The van der Waals surface area contributed by atoms with E-state index in [0.29, 0.717) is 17.0 Å². The number of carbonyl (C=O) groups excluding carboxylic acids is 3. The predicted octanol–water partition coefficient (Wildman–Crippen LogP) is 2.13. The van der Waals surface area contributed by atoms with E-state index < -0.39 is 29.7 Å². The zero-order valence-corrected chi connectivity index (χ0v) is 14.8. The highest BCUT2D eigenvalue weighted by atomic mass is 19.1. The highest BCUT2D eigenvalue weighted by Crippen LogP contribution is 2.11. The maximum Gasteiger partial charge on any atom is 0.326 e. The normalized spacial score (nSPS) is 11.2. The summed E-state index contributed by atoms with van der Waals surface area (Å²) >= 11 is 0. The number of amides is 2. The quantitative estimate of drug-likeness (QED) is 0.724. The average Bonchev–Trinajstić information content (AvgIpc) is 2.67. The third-order valence-electron chi connectivity index (χ3n) is 3.53. The summed E-state index contributed by atoms with van der Waals surface area (Å²) in [5.41, 5.74) is 0.725. The zero-order chi connectivity index (χ0) is 19.8. The van der Waals surface area contributed by atoms with Crippen LogP contribution in [0, 0.1) is 5.82 Å². The fourth-order valence-corrected chi connectivity index (χ4v) is 2.07. The van der Waals surface area contributed by atoms with E-state index in [1.54, 1.807) is 24.3 Å². The second-order valence-electron chi connectivity index (χ2n) is 5.54. The van der Waals surface area contributed by atoms with Crippen LogP contribution in [0.1, 0.15) is 17.3 Å². The number of anilines is 1. The highest BCUT2D eigenvalue weighted by Gasteiger charge is 2.18. The van der Waals surface area contributed by atoms with Crippen molar-refractivity contribution in [2.24, 2.45) is 0 Å². The number of methoxy groups -OCH3 is 1. The Bertz CT molecular complexity index is 806. The zero-order valence-electron chi connectivity index (χ0n) is 14.8. The number of benzene rings is 2. The highest BCUT2D eigenvalue weighted by molar-refractivity contribution is 5.97. The van der Waals surface area contributed by atoms with Crippen LogP contribution in [0.15, 0.2) is 48.5 Å². The smallest absolute Gasteiger partial charge is 0.326 e. The van der Waals surface area contributed by atoms with E-state index >= 15 is 0 Å². The fourth-order valence-electron chi connectivity index (χ4n) is 2.07. The lowest BCUT2D eigenvalue weighted by Crippen LogP contribution is -2.35. The van der Waals surface area contributed by atoms with Crippen LogP contribution < -0.4 is 15.4 Å². The molecule has 7 nitrogen and oxygen atoms in total. The molecule has 0 aromatic heterocycles. The van der Waals surface area contributed by atoms with Gasteiger partial charge in [-0.1, -0.05) is 0 Å². The SMILES string of the molecule is COc1ccc(C(=O)NCC(=O)O[C@@H](C)C(=O)Nc2ccc(F)cc2)cc1. The van der Waals surface area contributed by atoms with Crippen LogP contribution in [0.2, 0.25) is 0 Å². The number of halogens is 1.